The van der Waals surface area contributed by atoms with Crippen LogP contribution in [0.15, 0.2) is 0 Å². The molecular formula is C11H18N4O3. The van der Waals surface area contributed by atoms with Crippen LogP contribution in [0.3, 0.4) is 0 Å². The minimum absolute atomic E-state index is 0.126. The fraction of sp³-hybridized carbons (Fsp3) is 0.545. The van der Waals surface area contributed by atoms with Crippen molar-refractivity contribution in [3.05, 3.63) is 11.4 Å². The number of nitrogens with two attached hydrogens (primary N) is 1. The maximum atomic E-state index is 11.9. The van der Waals surface area contributed by atoms with Crippen LogP contribution in [0.4, 0.5) is 5.69 Å². The number of anilines is 1. The Balaban J connectivity index is 2.69. The van der Waals surface area contributed by atoms with Gasteiger partial charge in [0, 0.05) is 13.1 Å². The molecular weight excluding hydrogens is 236 g/mol. The average molecular weight is 254 g/mol. The molecule has 1 rings (SSSR count). The van der Waals surface area contributed by atoms with Gasteiger partial charge in [-0.25, -0.2) is 0 Å². The lowest BCUT2D eigenvalue weighted by molar-refractivity contribution is -0.140. The van der Waals surface area contributed by atoms with Gasteiger partial charge in [-0.05, 0) is 13.8 Å². The normalized spacial score (nSPS) is 10.2. The van der Waals surface area contributed by atoms with E-state index >= 15 is 0 Å². The van der Waals surface area contributed by atoms with Crippen LogP contribution in [0.2, 0.25) is 0 Å². The van der Waals surface area contributed by atoms with Gasteiger partial charge in [-0.1, -0.05) is 0 Å². The minimum Gasteiger partial charge on any atom is -0.469 e. The largest absolute Gasteiger partial charge is 0.469 e. The molecule has 0 fully saturated rings. The number of carbonyl (C=O) groups is 2. The molecule has 18 heavy (non-hydrogen) atoms. The molecule has 0 aromatic carbocycles. The van der Waals surface area contributed by atoms with E-state index in [2.05, 4.69) is 15.2 Å². The number of aromatic nitrogens is 2. The van der Waals surface area contributed by atoms with Crippen LogP contribution in [0.25, 0.3) is 0 Å². The van der Waals surface area contributed by atoms with Gasteiger partial charge in [0.25, 0.3) is 5.91 Å². The van der Waals surface area contributed by atoms with Gasteiger partial charge in [0.1, 0.15) is 5.69 Å². The molecule has 0 unspecified atom stereocenters. The van der Waals surface area contributed by atoms with Crippen LogP contribution in [0, 0.1) is 6.92 Å². The predicted octanol–water partition coefficient (Wildman–Crippen LogP) is 0.0865. The summed E-state index contributed by atoms with van der Waals surface area (Å²) in [5.41, 5.74) is 7.12. The minimum atomic E-state index is -0.372. The van der Waals surface area contributed by atoms with Crippen molar-refractivity contribution in [2.75, 3.05) is 19.4 Å². The van der Waals surface area contributed by atoms with E-state index in [1.807, 2.05) is 6.92 Å². The highest BCUT2D eigenvalue weighted by Crippen LogP contribution is 2.15. The maximum absolute atomic E-state index is 11.9. The molecule has 7 nitrogen and oxygen atoms in total. The number of nitrogens with zero attached hydrogens (tertiary/aromatic N) is 2. The summed E-state index contributed by atoms with van der Waals surface area (Å²) in [6.45, 7) is 4.38. The Labute approximate surface area is 105 Å². The molecule has 100 valence electrons. The predicted molar refractivity (Wildman–Crippen MR) is 66.0 cm³/mol. The number of hydrogen-bond donors (Lipinski definition) is 2. The Morgan fingerprint density at radius 3 is 2.72 bits per heavy atom. The SMILES string of the molecule is CCn1nc(C)c(N)c1C(=O)NCCC(=O)OC. The van der Waals surface area contributed by atoms with Crippen molar-refractivity contribution < 1.29 is 14.3 Å². The fourth-order valence-corrected chi connectivity index (χ4v) is 1.53. The quantitative estimate of drug-likeness (QED) is 0.725. The summed E-state index contributed by atoms with van der Waals surface area (Å²) < 4.78 is 6.02. The number of hydrogen-bond acceptors (Lipinski definition) is 5. The van der Waals surface area contributed by atoms with Gasteiger partial charge < -0.3 is 15.8 Å². The number of aryl methyl sites for hydroxylation is 2. The van der Waals surface area contributed by atoms with E-state index in [0.717, 1.165) is 0 Å². The van der Waals surface area contributed by atoms with Crippen molar-refractivity contribution in [2.24, 2.45) is 0 Å². The highest BCUT2D eigenvalue weighted by atomic mass is 16.5. The lowest BCUT2D eigenvalue weighted by Crippen LogP contribution is -2.29. The number of esters is 1. The molecule has 0 atom stereocenters. The highest BCUT2D eigenvalue weighted by Gasteiger charge is 2.18. The maximum Gasteiger partial charge on any atom is 0.307 e. The first-order valence-corrected chi connectivity index (χ1v) is 5.69. The Morgan fingerprint density at radius 1 is 1.50 bits per heavy atom. The zero-order valence-corrected chi connectivity index (χ0v) is 10.8. The number of methoxy groups -OCH3 is 1. The van der Waals surface area contributed by atoms with Crippen molar-refractivity contribution in [1.29, 1.82) is 0 Å². The van der Waals surface area contributed by atoms with Crippen LogP contribution in [0.5, 0.6) is 0 Å². The Kier molecular flexibility index (Phi) is 4.70. The molecule has 0 saturated carbocycles. The Morgan fingerprint density at radius 2 is 2.17 bits per heavy atom. The molecule has 0 bridgehead atoms. The summed E-state index contributed by atoms with van der Waals surface area (Å²) in [7, 11) is 1.30. The molecule has 3 N–H and O–H groups in total. The first kappa shape index (κ1) is 14.0. The fourth-order valence-electron chi connectivity index (χ4n) is 1.53. The second-order valence-electron chi connectivity index (χ2n) is 3.75. The third kappa shape index (κ3) is 2.99. The van der Waals surface area contributed by atoms with E-state index in [0.29, 0.717) is 23.6 Å². The van der Waals surface area contributed by atoms with Crippen molar-refractivity contribution >= 4 is 17.6 Å². The average Bonchev–Trinajstić information content (AvgIpc) is 2.64. The monoisotopic (exact) mass is 254 g/mol. The number of nitrogens with one attached hydrogen (secondary N) is 1. The summed E-state index contributed by atoms with van der Waals surface area (Å²) in [5, 5.41) is 6.76. The second kappa shape index (κ2) is 6.04. The third-order valence-corrected chi connectivity index (χ3v) is 2.53. The lowest BCUT2D eigenvalue weighted by Gasteiger charge is -2.07. The van der Waals surface area contributed by atoms with Crippen LogP contribution in [0.1, 0.15) is 29.5 Å². The van der Waals surface area contributed by atoms with Crippen molar-refractivity contribution in [3.63, 3.8) is 0 Å². The van der Waals surface area contributed by atoms with Gasteiger partial charge in [0.15, 0.2) is 0 Å². The Hall–Kier alpha value is -2.05. The third-order valence-electron chi connectivity index (χ3n) is 2.53. The molecule has 0 aliphatic carbocycles. The molecule has 1 aromatic heterocycles. The van der Waals surface area contributed by atoms with Crippen LogP contribution < -0.4 is 11.1 Å². The van der Waals surface area contributed by atoms with Crippen LogP contribution >= 0.6 is 0 Å². The topological polar surface area (TPSA) is 99.2 Å². The van der Waals surface area contributed by atoms with E-state index in [1.54, 1.807) is 6.92 Å². The van der Waals surface area contributed by atoms with Gasteiger partial charge in [-0.3, -0.25) is 14.3 Å². The lowest BCUT2D eigenvalue weighted by atomic mass is 10.3. The zero-order chi connectivity index (χ0) is 13.7. The number of ether oxygens (including phenoxy) is 1. The first-order chi connectivity index (χ1) is 8.51. The smallest absolute Gasteiger partial charge is 0.307 e. The van der Waals surface area contributed by atoms with E-state index < -0.39 is 0 Å². The molecule has 1 aromatic rings. The van der Waals surface area contributed by atoms with E-state index in [1.165, 1.54) is 11.8 Å². The zero-order valence-electron chi connectivity index (χ0n) is 10.8. The number of rotatable bonds is 5. The van der Waals surface area contributed by atoms with Gasteiger partial charge in [0.2, 0.25) is 0 Å². The standard InChI is InChI=1S/C11H18N4O3/c1-4-15-10(9(12)7(2)14-15)11(17)13-6-5-8(16)18-3/h4-6,12H2,1-3H3,(H,13,17). The molecule has 0 spiro atoms. The molecule has 1 amide bonds. The molecule has 0 aliphatic heterocycles. The molecule has 0 radical (unpaired) electrons. The molecule has 7 heteroatoms. The van der Waals surface area contributed by atoms with Crippen molar-refractivity contribution in [3.8, 4) is 0 Å². The number of amides is 1. The van der Waals surface area contributed by atoms with Gasteiger partial charge in [0.05, 0.1) is 24.9 Å². The molecule has 0 aliphatic rings. The molecule has 1 heterocycles. The highest BCUT2D eigenvalue weighted by molar-refractivity contribution is 5.98. The van der Waals surface area contributed by atoms with Gasteiger partial charge >= 0.3 is 5.97 Å². The van der Waals surface area contributed by atoms with E-state index in [-0.39, 0.29) is 24.8 Å². The number of nitrogen functional groups attached to an aromatic ring is 1. The summed E-state index contributed by atoms with van der Waals surface area (Å²) in [5.74, 6) is -0.706. The van der Waals surface area contributed by atoms with Gasteiger partial charge in [-0.15, -0.1) is 0 Å². The van der Waals surface area contributed by atoms with Crippen LogP contribution in [-0.4, -0.2) is 35.3 Å². The first-order valence-electron chi connectivity index (χ1n) is 5.69. The summed E-state index contributed by atoms with van der Waals surface area (Å²) in [4.78, 5) is 22.8. The van der Waals surface area contributed by atoms with Crippen molar-refractivity contribution in [1.82, 2.24) is 15.1 Å². The van der Waals surface area contributed by atoms with E-state index in [9.17, 15) is 9.59 Å². The summed E-state index contributed by atoms with van der Waals surface area (Å²) in [6, 6.07) is 0. The Bertz CT molecular complexity index is 453. The van der Waals surface area contributed by atoms with Crippen molar-refractivity contribution in [2.45, 2.75) is 26.8 Å². The van der Waals surface area contributed by atoms with E-state index in [4.69, 9.17) is 5.73 Å². The summed E-state index contributed by atoms with van der Waals surface area (Å²) in [6.07, 6.45) is 0.126. The second-order valence-corrected chi connectivity index (χ2v) is 3.75. The molecule has 0 saturated heterocycles. The van der Waals surface area contributed by atoms with Gasteiger partial charge in [-0.2, -0.15) is 5.10 Å². The number of carbonyl (C=O) groups excluding carboxylic acids is 2. The summed E-state index contributed by atoms with van der Waals surface area (Å²) >= 11 is 0. The van der Waals surface area contributed by atoms with Crippen LogP contribution in [-0.2, 0) is 16.1 Å².